The van der Waals surface area contributed by atoms with E-state index in [0.717, 1.165) is 18.8 Å². The van der Waals surface area contributed by atoms with Crippen molar-refractivity contribution in [1.29, 1.82) is 5.26 Å². The molecule has 2 nitrogen and oxygen atoms in total. The van der Waals surface area contributed by atoms with Crippen LogP contribution in [0.15, 0.2) is 0 Å². The molecule has 0 heterocycles. The first-order valence-electron chi connectivity index (χ1n) is 4.89. The standard InChI is InChI=1S/C10H16N2.ClH/c11-5-4-10-3-1-2-8(10)6-9(12)7-10;/h8-9H,1-4,6-7,12H2;1H. The molecule has 0 bridgehead atoms. The lowest BCUT2D eigenvalue weighted by molar-refractivity contribution is 0.247. The molecule has 2 aliphatic rings. The predicted octanol–water partition coefficient (Wildman–Crippen LogP) is 2.23. The summed E-state index contributed by atoms with van der Waals surface area (Å²) in [6.45, 7) is 0. The second-order valence-corrected chi connectivity index (χ2v) is 4.49. The number of halogens is 1. The number of hydrogen-bond acceptors (Lipinski definition) is 2. The van der Waals surface area contributed by atoms with Crippen LogP contribution in [0.4, 0.5) is 0 Å². The summed E-state index contributed by atoms with van der Waals surface area (Å²) in [5, 5.41) is 8.76. The van der Waals surface area contributed by atoms with Crippen molar-refractivity contribution >= 4 is 12.4 Å². The number of nitriles is 1. The summed E-state index contributed by atoms with van der Waals surface area (Å²) >= 11 is 0. The number of nitrogens with two attached hydrogens (primary N) is 1. The lowest BCUT2D eigenvalue weighted by Gasteiger charge is -2.25. The van der Waals surface area contributed by atoms with Gasteiger partial charge in [-0.25, -0.2) is 0 Å². The Balaban J connectivity index is 0.000000845. The molecule has 3 atom stereocenters. The van der Waals surface area contributed by atoms with Crippen LogP contribution in [0.5, 0.6) is 0 Å². The summed E-state index contributed by atoms with van der Waals surface area (Å²) in [7, 11) is 0. The molecule has 3 heteroatoms. The van der Waals surface area contributed by atoms with Crippen molar-refractivity contribution < 1.29 is 0 Å². The molecule has 2 saturated carbocycles. The quantitative estimate of drug-likeness (QED) is 0.706. The molecule has 0 aromatic rings. The Labute approximate surface area is 85.9 Å². The lowest BCUT2D eigenvalue weighted by Crippen LogP contribution is -2.21. The molecular weight excluding hydrogens is 184 g/mol. The van der Waals surface area contributed by atoms with Gasteiger partial charge in [-0.3, -0.25) is 0 Å². The van der Waals surface area contributed by atoms with Crippen molar-refractivity contribution in [3.05, 3.63) is 0 Å². The Kier molecular flexibility index (Phi) is 3.21. The summed E-state index contributed by atoms with van der Waals surface area (Å²) < 4.78 is 0. The van der Waals surface area contributed by atoms with Crippen LogP contribution in [0, 0.1) is 22.7 Å². The zero-order chi connectivity index (χ0) is 8.60. The van der Waals surface area contributed by atoms with E-state index >= 15 is 0 Å². The van der Waals surface area contributed by atoms with Gasteiger partial charge >= 0.3 is 0 Å². The highest BCUT2D eigenvalue weighted by atomic mass is 35.5. The maximum absolute atomic E-state index is 8.76. The van der Waals surface area contributed by atoms with E-state index in [2.05, 4.69) is 6.07 Å². The normalized spacial score (nSPS) is 42.2. The Hall–Kier alpha value is -0.260. The lowest BCUT2D eigenvalue weighted by atomic mass is 9.78. The van der Waals surface area contributed by atoms with E-state index in [0.29, 0.717) is 11.5 Å². The summed E-state index contributed by atoms with van der Waals surface area (Å²) in [5.41, 5.74) is 6.27. The molecule has 0 saturated heterocycles. The highest BCUT2D eigenvalue weighted by molar-refractivity contribution is 5.85. The van der Waals surface area contributed by atoms with Gasteiger partial charge in [0.25, 0.3) is 0 Å². The fourth-order valence-electron chi connectivity index (χ4n) is 3.28. The van der Waals surface area contributed by atoms with Crippen LogP contribution in [0.3, 0.4) is 0 Å². The second kappa shape index (κ2) is 3.86. The maximum Gasteiger partial charge on any atom is 0.0627 e. The third-order valence-electron chi connectivity index (χ3n) is 3.78. The Bertz CT molecular complexity index is 223. The van der Waals surface area contributed by atoms with Gasteiger partial charge in [0.1, 0.15) is 0 Å². The van der Waals surface area contributed by atoms with E-state index in [1.54, 1.807) is 0 Å². The Morgan fingerprint density at radius 3 is 3.00 bits per heavy atom. The fourth-order valence-corrected chi connectivity index (χ4v) is 3.28. The van der Waals surface area contributed by atoms with Crippen LogP contribution in [-0.4, -0.2) is 6.04 Å². The Morgan fingerprint density at radius 1 is 1.54 bits per heavy atom. The highest BCUT2D eigenvalue weighted by Gasteiger charge is 2.48. The van der Waals surface area contributed by atoms with E-state index in [-0.39, 0.29) is 12.4 Å². The van der Waals surface area contributed by atoms with Gasteiger partial charge in [0.05, 0.1) is 6.07 Å². The van der Waals surface area contributed by atoms with E-state index in [9.17, 15) is 0 Å². The number of fused-ring (bicyclic) bond motifs is 1. The number of nitrogens with zero attached hydrogens (tertiary/aromatic N) is 1. The molecule has 0 radical (unpaired) electrons. The van der Waals surface area contributed by atoms with Crippen molar-refractivity contribution in [1.82, 2.24) is 0 Å². The van der Waals surface area contributed by atoms with E-state index in [1.807, 2.05) is 0 Å². The van der Waals surface area contributed by atoms with Crippen LogP contribution in [-0.2, 0) is 0 Å². The van der Waals surface area contributed by atoms with Crippen molar-refractivity contribution in [3.63, 3.8) is 0 Å². The molecule has 13 heavy (non-hydrogen) atoms. The summed E-state index contributed by atoms with van der Waals surface area (Å²) in [6.07, 6.45) is 6.89. The molecule has 2 fully saturated rings. The van der Waals surface area contributed by atoms with Gasteiger partial charge < -0.3 is 5.73 Å². The molecule has 0 aromatic carbocycles. The summed E-state index contributed by atoms with van der Waals surface area (Å²) in [4.78, 5) is 0. The smallest absolute Gasteiger partial charge is 0.0627 e. The van der Waals surface area contributed by atoms with Crippen LogP contribution < -0.4 is 5.73 Å². The molecule has 3 unspecified atom stereocenters. The molecule has 0 aromatic heterocycles. The first kappa shape index (κ1) is 10.8. The maximum atomic E-state index is 8.76. The molecule has 0 spiro atoms. The molecule has 2 aliphatic carbocycles. The summed E-state index contributed by atoms with van der Waals surface area (Å²) in [6, 6.07) is 2.72. The monoisotopic (exact) mass is 200 g/mol. The molecule has 0 aliphatic heterocycles. The van der Waals surface area contributed by atoms with E-state index in [4.69, 9.17) is 11.0 Å². The van der Waals surface area contributed by atoms with Crippen molar-refractivity contribution in [2.45, 2.75) is 44.6 Å². The molecule has 2 N–H and O–H groups in total. The zero-order valence-electron chi connectivity index (χ0n) is 7.83. The van der Waals surface area contributed by atoms with Gasteiger partial charge in [0.15, 0.2) is 0 Å². The van der Waals surface area contributed by atoms with Gasteiger partial charge in [0, 0.05) is 12.5 Å². The first-order chi connectivity index (χ1) is 5.77. The van der Waals surface area contributed by atoms with Gasteiger partial charge in [-0.2, -0.15) is 5.26 Å². The van der Waals surface area contributed by atoms with E-state index < -0.39 is 0 Å². The van der Waals surface area contributed by atoms with Gasteiger partial charge in [0.2, 0.25) is 0 Å². The van der Waals surface area contributed by atoms with Gasteiger partial charge in [-0.15, -0.1) is 12.4 Å². The zero-order valence-corrected chi connectivity index (χ0v) is 8.65. The minimum Gasteiger partial charge on any atom is -0.328 e. The fraction of sp³-hybridized carbons (Fsp3) is 0.900. The van der Waals surface area contributed by atoms with Gasteiger partial charge in [-0.1, -0.05) is 6.42 Å². The minimum absolute atomic E-state index is 0. The van der Waals surface area contributed by atoms with Crippen LogP contribution in [0.1, 0.15) is 38.5 Å². The SMILES string of the molecule is Cl.N#CCC12CCCC1CC(N)C2. The van der Waals surface area contributed by atoms with Crippen LogP contribution in [0.25, 0.3) is 0 Å². The van der Waals surface area contributed by atoms with Crippen molar-refractivity contribution in [2.75, 3.05) is 0 Å². The molecule has 0 amide bonds. The van der Waals surface area contributed by atoms with Crippen molar-refractivity contribution in [3.8, 4) is 6.07 Å². The predicted molar refractivity (Wildman–Crippen MR) is 54.5 cm³/mol. The number of rotatable bonds is 1. The topological polar surface area (TPSA) is 49.8 Å². The first-order valence-corrected chi connectivity index (χ1v) is 4.89. The van der Waals surface area contributed by atoms with Crippen LogP contribution in [0.2, 0.25) is 0 Å². The van der Waals surface area contributed by atoms with Gasteiger partial charge in [-0.05, 0) is 37.0 Å². The highest BCUT2D eigenvalue weighted by Crippen LogP contribution is 2.55. The molecule has 74 valence electrons. The second-order valence-electron chi connectivity index (χ2n) is 4.49. The van der Waals surface area contributed by atoms with Crippen molar-refractivity contribution in [2.24, 2.45) is 17.1 Å². The molecule has 2 rings (SSSR count). The third-order valence-corrected chi connectivity index (χ3v) is 3.78. The minimum atomic E-state index is 0. The van der Waals surface area contributed by atoms with E-state index in [1.165, 1.54) is 25.7 Å². The summed E-state index contributed by atoms with van der Waals surface area (Å²) in [5.74, 6) is 0.771. The largest absolute Gasteiger partial charge is 0.328 e. The molecular formula is C10H17ClN2. The number of hydrogen-bond donors (Lipinski definition) is 1. The average molecular weight is 201 g/mol. The Morgan fingerprint density at radius 2 is 2.31 bits per heavy atom. The third kappa shape index (κ3) is 1.68. The van der Waals surface area contributed by atoms with Crippen LogP contribution >= 0.6 is 12.4 Å². The average Bonchev–Trinajstić information content (AvgIpc) is 2.44.